The smallest absolute Gasteiger partial charge is 0.148 e. The second-order valence-electron chi connectivity index (χ2n) is 5.77. The van der Waals surface area contributed by atoms with E-state index in [0.717, 1.165) is 13.0 Å². The van der Waals surface area contributed by atoms with Gasteiger partial charge in [-0.2, -0.15) is 0 Å². The molecule has 1 aliphatic rings. The van der Waals surface area contributed by atoms with Gasteiger partial charge in [-0.15, -0.1) is 0 Å². The second kappa shape index (κ2) is 7.76. The van der Waals surface area contributed by atoms with Crippen molar-refractivity contribution in [1.29, 1.82) is 5.41 Å². The lowest BCUT2D eigenvalue weighted by molar-refractivity contribution is 0.192. The standard InChI is InChI=1S/C18H21N5O2/c1-12-17(2-3-18(20)23-12)25-15-4-6-21-16(8-15)13(9-19)10-22-14-5-7-24-11-14/h2-4,6,8-10,14,19,22H,5,7,11H2,1H3,(H2,20,23)/b13-10+,19-9?/t14-/m0/s1. The SMILES string of the molecule is Cc1nc(N)ccc1Oc1ccnc(/C(C=N)=C/N[C@H]2CCOC2)c1. The summed E-state index contributed by atoms with van der Waals surface area (Å²) in [6, 6.07) is 7.31. The lowest BCUT2D eigenvalue weighted by atomic mass is 10.2. The first-order valence-corrected chi connectivity index (χ1v) is 8.07. The van der Waals surface area contributed by atoms with Gasteiger partial charge in [-0.05, 0) is 31.5 Å². The molecular weight excluding hydrogens is 318 g/mol. The zero-order chi connectivity index (χ0) is 17.6. The fraction of sp³-hybridized carbons (Fsp3) is 0.278. The summed E-state index contributed by atoms with van der Waals surface area (Å²) in [4.78, 5) is 8.51. The Morgan fingerprint density at radius 2 is 2.32 bits per heavy atom. The van der Waals surface area contributed by atoms with Crippen LogP contribution in [0.2, 0.25) is 0 Å². The number of nitrogen functional groups attached to an aromatic ring is 1. The van der Waals surface area contributed by atoms with Gasteiger partial charge in [0.05, 0.1) is 24.0 Å². The van der Waals surface area contributed by atoms with Crippen LogP contribution >= 0.6 is 0 Å². The Morgan fingerprint density at radius 1 is 1.44 bits per heavy atom. The predicted molar refractivity (Wildman–Crippen MR) is 96.8 cm³/mol. The Labute approximate surface area is 146 Å². The first kappa shape index (κ1) is 16.9. The molecule has 0 saturated carbocycles. The summed E-state index contributed by atoms with van der Waals surface area (Å²) in [5, 5.41) is 10.9. The van der Waals surface area contributed by atoms with E-state index in [2.05, 4.69) is 15.3 Å². The van der Waals surface area contributed by atoms with E-state index in [1.54, 1.807) is 36.7 Å². The van der Waals surface area contributed by atoms with Gasteiger partial charge in [-0.1, -0.05) is 0 Å². The van der Waals surface area contributed by atoms with Crippen LogP contribution in [-0.2, 0) is 4.74 Å². The minimum atomic E-state index is 0.276. The summed E-state index contributed by atoms with van der Waals surface area (Å²) >= 11 is 0. The van der Waals surface area contributed by atoms with Gasteiger partial charge in [0, 0.05) is 36.9 Å². The molecule has 3 rings (SSSR count). The first-order chi connectivity index (χ1) is 12.2. The van der Waals surface area contributed by atoms with Gasteiger partial charge in [0.2, 0.25) is 0 Å². The number of aromatic nitrogens is 2. The lowest BCUT2D eigenvalue weighted by Crippen LogP contribution is -2.24. The maximum Gasteiger partial charge on any atom is 0.148 e. The molecule has 3 heterocycles. The minimum absolute atomic E-state index is 0.276. The molecule has 0 amide bonds. The summed E-state index contributed by atoms with van der Waals surface area (Å²) in [5.74, 6) is 1.71. The molecule has 0 radical (unpaired) electrons. The number of aryl methyl sites for hydroxylation is 1. The van der Waals surface area contributed by atoms with E-state index >= 15 is 0 Å². The molecule has 0 unspecified atom stereocenters. The number of nitrogens with one attached hydrogen (secondary N) is 2. The number of ether oxygens (including phenoxy) is 2. The second-order valence-corrected chi connectivity index (χ2v) is 5.77. The highest BCUT2D eigenvalue weighted by Crippen LogP contribution is 2.26. The zero-order valence-corrected chi connectivity index (χ0v) is 14.0. The summed E-state index contributed by atoms with van der Waals surface area (Å²) in [7, 11) is 0. The van der Waals surface area contributed by atoms with Gasteiger partial charge < -0.3 is 25.9 Å². The van der Waals surface area contributed by atoms with E-state index in [9.17, 15) is 0 Å². The highest BCUT2D eigenvalue weighted by molar-refractivity contribution is 6.07. The van der Waals surface area contributed by atoms with E-state index in [0.29, 0.717) is 40.9 Å². The molecule has 0 aliphatic carbocycles. The van der Waals surface area contributed by atoms with Crippen LogP contribution in [0.25, 0.3) is 5.57 Å². The predicted octanol–water partition coefficient (Wildman–Crippen LogP) is 2.53. The molecule has 0 spiro atoms. The molecule has 7 heteroatoms. The average molecular weight is 339 g/mol. The third-order valence-electron chi connectivity index (χ3n) is 3.87. The van der Waals surface area contributed by atoms with Gasteiger partial charge in [0.25, 0.3) is 0 Å². The largest absolute Gasteiger partial charge is 0.455 e. The Hall–Kier alpha value is -2.93. The summed E-state index contributed by atoms with van der Waals surface area (Å²) < 4.78 is 11.2. The van der Waals surface area contributed by atoms with E-state index in [1.807, 2.05) is 6.92 Å². The number of nitrogens with zero attached hydrogens (tertiary/aromatic N) is 2. The Kier molecular flexibility index (Phi) is 5.25. The molecular formula is C18H21N5O2. The molecule has 1 atom stereocenters. The molecule has 1 saturated heterocycles. The molecule has 7 nitrogen and oxygen atoms in total. The van der Waals surface area contributed by atoms with Crippen molar-refractivity contribution in [2.45, 2.75) is 19.4 Å². The third kappa shape index (κ3) is 4.33. The number of rotatable bonds is 6. The van der Waals surface area contributed by atoms with Gasteiger partial charge in [-0.25, -0.2) is 4.98 Å². The molecule has 130 valence electrons. The van der Waals surface area contributed by atoms with Crippen LogP contribution in [-0.4, -0.2) is 35.4 Å². The van der Waals surface area contributed by atoms with E-state index in [4.69, 9.17) is 20.6 Å². The average Bonchev–Trinajstić information content (AvgIpc) is 3.12. The van der Waals surface area contributed by atoms with E-state index in [1.165, 1.54) is 6.21 Å². The maximum absolute atomic E-state index is 7.65. The van der Waals surface area contributed by atoms with Crippen LogP contribution in [0.5, 0.6) is 11.5 Å². The van der Waals surface area contributed by atoms with Crippen molar-refractivity contribution in [2.75, 3.05) is 18.9 Å². The zero-order valence-electron chi connectivity index (χ0n) is 14.0. The fourth-order valence-electron chi connectivity index (χ4n) is 2.50. The maximum atomic E-state index is 7.65. The lowest BCUT2D eigenvalue weighted by Gasteiger charge is -2.11. The minimum Gasteiger partial charge on any atom is -0.455 e. The molecule has 4 N–H and O–H groups in total. The molecule has 0 bridgehead atoms. The van der Waals surface area contributed by atoms with Crippen molar-refractivity contribution in [3.05, 3.63) is 48.1 Å². The molecule has 25 heavy (non-hydrogen) atoms. The fourth-order valence-corrected chi connectivity index (χ4v) is 2.50. The highest BCUT2D eigenvalue weighted by Gasteiger charge is 2.14. The van der Waals surface area contributed by atoms with Crippen molar-refractivity contribution < 1.29 is 9.47 Å². The Bertz CT molecular complexity index is 785. The molecule has 1 fully saturated rings. The van der Waals surface area contributed by atoms with Crippen molar-refractivity contribution in [1.82, 2.24) is 15.3 Å². The third-order valence-corrected chi connectivity index (χ3v) is 3.87. The van der Waals surface area contributed by atoms with Gasteiger partial charge >= 0.3 is 0 Å². The molecule has 2 aromatic heterocycles. The van der Waals surface area contributed by atoms with Crippen LogP contribution in [0.15, 0.2) is 36.7 Å². The van der Waals surface area contributed by atoms with Crippen molar-refractivity contribution in [2.24, 2.45) is 0 Å². The van der Waals surface area contributed by atoms with Crippen molar-refractivity contribution >= 4 is 17.6 Å². The molecule has 1 aliphatic heterocycles. The van der Waals surface area contributed by atoms with Crippen LogP contribution in [0.1, 0.15) is 17.8 Å². The normalized spacial score (nSPS) is 17.3. The Balaban J connectivity index is 1.77. The van der Waals surface area contributed by atoms with Crippen LogP contribution < -0.4 is 15.8 Å². The van der Waals surface area contributed by atoms with E-state index in [-0.39, 0.29) is 6.04 Å². The topological polar surface area (TPSA) is 106 Å². The van der Waals surface area contributed by atoms with Gasteiger partial charge in [-0.3, -0.25) is 4.98 Å². The van der Waals surface area contributed by atoms with Crippen molar-refractivity contribution in [3.63, 3.8) is 0 Å². The Morgan fingerprint density at radius 3 is 3.04 bits per heavy atom. The van der Waals surface area contributed by atoms with Crippen LogP contribution in [0.3, 0.4) is 0 Å². The monoisotopic (exact) mass is 339 g/mol. The highest BCUT2D eigenvalue weighted by atomic mass is 16.5. The number of hydrogen-bond acceptors (Lipinski definition) is 7. The van der Waals surface area contributed by atoms with Gasteiger partial charge in [0.1, 0.15) is 17.3 Å². The number of allylic oxidation sites excluding steroid dienone is 1. The van der Waals surface area contributed by atoms with Gasteiger partial charge in [0.15, 0.2) is 0 Å². The summed E-state index contributed by atoms with van der Waals surface area (Å²) in [6.45, 7) is 3.29. The quantitative estimate of drug-likeness (QED) is 0.698. The number of nitrogens with two attached hydrogens (primary N) is 1. The van der Waals surface area contributed by atoms with E-state index < -0.39 is 0 Å². The molecule has 0 aromatic carbocycles. The summed E-state index contributed by atoms with van der Waals surface area (Å²) in [6.07, 6.45) is 5.68. The number of anilines is 1. The summed E-state index contributed by atoms with van der Waals surface area (Å²) in [5.41, 5.74) is 7.70. The number of pyridine rings is 2. The van der Waals surface area contributed by atoms with Crippen molar-refractivity contribution in [3.8, 4) is 11.5 Å². The number of hydrogen-bond donors (Lipinski definition) is 3. The van der Waals surface area contributed by atoms with Crippen LogP contribution in [0.4, 0.5) is 5.82 Å². The molecule has 2 aromatic rings. The van der Waals surface area contributed by atoms with Crippen LogP contribution in [0, 0.1) is 12.3 Å². The first-order valence-electron chi connectivity index (χ1n) is 8.07.